The molecule has 6 aromatic carbocycles. The standard InChI is InChI=1S/C41H28Cl2N2O/c1-41(2)34-17-6-3-14-32(34)39-38(41)33-15-4-7-18-35(33)45(39)29-23-26(43)22-28(24-29)44(27-12-9-11-25(42)21-27)36-19-10-16-31-30-13-5-8-20-37(30)46-40(31)36/h3-24H,1-2H3. The van der Waals surface area contributed by atoms with Crippen LogP contribution in [0.4, 0.5) is 17.1 Å². The Morgan fingerprint density at radius 1 is 0.630 bits per heavy atom. The quantitative estimate of drug-likeness (QED) is 0.192. The van der Waals surface area contributed by atoms with Crippen molar-refractivity contribution in [2.75, 3.05) is 4.90 Å². The van der Waals surface area contributed by atoms with E-state index in [1.54, 1.807) is 0 Å². The minimum atomic E-state index is -0.151. The van der Waals surface area contributed by atoms with Gasteiger partial charge in [-0.25, -0.2) is 0 Å². The molecule has 0 aliphatic heterocycles. The van der Waals surface area contributed by atoms with Crippen LogP contribution in [0.25, 0.3) is 49.8 Å². The molecular formula is C41H28Cl2N2O. The number of anilines is 3. The lowest BCUT2D eigenvalue weighted by atomic mass is 9.81. The Bertz CT molecular complexity index is 2500. The molecule has 0 radical (unpaired) electrons. The summed E-state index contributed by atoms with van der Waals surface area (Å²) in [6.07, 6.45) is 0. The second-order valence-electron chi connectivity index (χ2n) is 12.5. The van der Waals surface area contributed by atoms with Gasteiger partial charge >= 0.3 is 0 Å². The highest BCUT2D eigenvalue weighted by Crippen LogP contribution is 2.54. The molecule has 9 rings (SSSR count). The number of hydrogen-bond acceptors (Lipinski definition) is 2. The fraction of sp³-hybridized carbons (Fsp3) is 0.0732. The Labute approximate surface area is 276 Å². The lowest BCUT2D eigenvalue weighted by molar-refractivity contribution is 0.666. The molecule has 46 heavy (non-hydrogen) atoms. The zero-order valence-corrected chi connectivity index (χ0v) is 26.8. The first kappa shape index (κ1) is 27.4. The Balaban J connectivity index is 1.34. The molecule has 0 amide bonds. The molecule has 1 aliphatic rings. The minimum absolute atomic E-state index is 0.151. The Hall–Kier alpha value is -4.96. The zero-order chi connectivity index (χ0) is 31.2. The average Bonchev–Trinajstić information content (AvgIpc) is 3.69. The third-order valence-corrected chi connectivity index (χ3v) is 9.88. The van der Waals surface area contributed by atoms with E-state index < -0.39 is 0 Å². The second-order valence-corrected chi connectivity index (χ2v) is 13.4. The lowest BCUT2D eigenvalue weighted by Crippen LogP contribution is -2.14. The number of hydrogen-bond donors (Lipinski definition) is 0. The van der Waals surface area contributed by atoms with Crippen LogP contribution in [0, 0.1) is 0 Å². The third kappa shape index (κ3) is 3.92. The number of halogens is 2. The molecule has 0 unspecified atom stereocenters. The van der Waals surface area contributed by atoms with Crippen molar-refractivity contribution < 1.29 is 4.42 Å². The predicted octanol–water partition coefficient (Wildman–Crippen LogP) is 12.6. The van der Waals surface area contributed by atoms with Gasteiger partial charge in [-0.15, -0.1) is 0 Å². The van der Waals surface area contributed by atoms with E-state index in [-0.39, 0.29) is 5.41 Å². The van der Waals surface area contributed by atoms with Gasteiger partial charge in [0.1, 0.15) is 5.58 Å². The maximum absolute atomic E-state index is 7.07. The van der Waals surface area contributed by atoms with Crippen LogP contribution in [0.2, 0.25) is 10.0 Å². The highest BCUT2D eigenvalue weighted by Gasteiger charge is 2.40. The van der Waals surface area contributed by atoms with Crippen LogP contribution in [-0.4, -0.2) is 4.57 Å². The zero-order valence-electron chi connectivity index (χ0n) is 25.3. The second kappa shape index (κ2) is 10.0. The van der Waals surface area contributed by atoms with Crippen LogP contribution in [0.1, 0.15) is 25.0 Å². The predicted molar refractivity (Wildman–Crippen MR) is 193 cm³/mol. The smallest absolute Gasteiger partial charge is 0.159 e. The number of furan rings is 1. The fourth-order valence-electron chi connectivity index (χ4n) is 7.53. The van der Waals surface area contributed by atoms with Gasteiger partial charge in [0, 0.05) is 54.2 Å². The van der Waals surface area contributed by atoms with Gasteiger partial charge in [-0.1, -0.05) is 116 Å². The van der Waals surface area contributed by atoms with Gasteiger partial charge in [-0.05, 0) is 65.7 Å². The van der Waals surface area contributed by atoms with E-state index in [0.29, 0.717) is 10.0 Å². The van der Waals surface area contributed by atoms with Crippen molar-refractivity contribution in [1.82, 2.24) is 4.57 Å². The summed E-state index contributed by atoms with van der Waals surface area (Å²) in [5.74, 6) is 0. The normalized spacial score (nSPS) is 13.4. The summed E-state index contributed by atoms with van der Waals surface area (Å²) in [6.45, 7) is 4.65. The molecule has 222 valence electrons. The molecule has 0 fully saturated rings. The number of para-hydroxylation sites is 3. The molecule has 2 heterocycles. The van der Waals surface area contributed by atoms with Crippen molar-refractivity contribution in [3.63, 3.8) is 0 Å². The van der Waals surface area contributed by atoms with E-state index >= 15 is 0 Å². The molecule has 2 aromatic heterocycles. The Morgan fingerprint density at radius 3 is 2.22 bits per heavy atom. The lowest BCUT2D eigenvalue weighted by Gasteiger charge is -2.27. The van der Waals surface area contributed by atoms with Gasteiger partial charge < -0.3 is 13.9 Å². The monoisotopic (exact) mass is 634 g/mol. The van der Waals surface area contributed by atoms with Crippen molar-refractivity contribution in [1.29, 1.82) is 0 Å². The molecule has 0 saturated carbocycles. The first-order valence-electron chi connectivity index (χ1n) is 15.4. The van der Waals surface area contributed by atoms with E-state index in [1.165, 1.54) is 27.8 Å². The molecule has 0 atom stereocenters. The number of aromatic nitrogens is 1. The molecule has 0 bridgehead atoms. The first-order chi connectivity index (χ1) is 22.4. The Kier molecular flexibility index (Phi) is 5.96. The van der Waals surface area contributed by atoms with Crippen LogP contribution >= 0.6 is 23.2 Å². The maximum Gasteiger partial charge on any atom is 0.159 e. The van der Waals surface area contributed by atoms with Crippen molar-refractivity contribution in [2.24, 2.45) is 0 Å². The van der Waals surface area contributed by atoms with Crippen molar-refractivity contribution in [3.05, 3.63) is 155 Å². The summed E-state index contributed by atoms with van der Waals surface area (Å²) in [6, 6.07) is 46.1. The van der Waals surface area contributed by atoms with E-state index in [4.69, 9.17) is 27.6 Å². The number of benzene rings is 6. The van der Waals surface area contributed by atoms with Gasteiger partial charge in [0.15, 0.2) is 5.58 Å². The van der Waals surface area contributed by atoms with E-state index in [0.717, 1.165) is 50.2 Å². The summed E-state index contributed by atoms with van der Waals surface area (Å²) in [5, 5.41) is 4.66. The summed E-state index contributed by atoms with van der Waals surface area (Å²) >= 11 is 13.7. The minimum Gasteiger partial charge on any atom is -0.454 e. The summed E-state index contributed by atoms with van der Waals surface area (Å²) in [7, 11) is 0. The molecule has 0 saturated heterocycles. The number of nitrogens with zero attached hydrogens (tertiary/aromatic N) is 2. The van der Waals surface area contributed by atoms with Crippen LogP contribution in [0.5, 0.6) is 0 Å². The van der Waals surface area contributed by atoms with Crippen LogP contribution in [0.3, 0.4) is 0 Å². The largest absolute Gasteiger partial charge is 0.454 e. The van der Waals surface area contributed by atoms with E-state index in [1.807, 2.05) is 42.5 Å². The Morgan fingerprint density at radius 2 is 1.35 bits per heavy atom. The summed E-state index contributed by atoms with van der Waals surface area (Å²) < 4.78 is 8.92. The molecule has 3 nitrogen and oxygen atoms in total. The molecule has 1 aliphatic carbocycles. The van der Waals surface area contributed by atoms with E-state index in [9.17, 15) is 0 Å². The molecule has 8 aromatic rings. The van der Waals surface area contributed by atoms with E-state index in [2.05, 4.69) is 114 Å². The first-order valence-corrected chi connectivity index (χ1v) is 16.2. The summed E-state index contributed by atoms with van der Waals surface area (Å²) in [5.41, 5.74) is 11.5. The highest BCUT2D eigenvalue weighted by molar-refractivity contribution is 6.31. The van der Waals surface area contributed by atoms with Gasteiger partial charge in [0.05, 0.1) is 16.9 Å². The van der Waals surface area contributed by atoms with Crippen LogP contribution in [0.15, 0.2) is 138 Å². The van der Waals surface area contributed by atoms with Crippen molar-refractivity contribution in [3.8, 4) is 16.9 Å². The van der Waals surface area contributed by atoms with Gasteiger partial charge in [0.25, 0.3) is 0 Å². The SMILES string of the molecule is CC1(C)c2ccccc2-c2c1c1ccccc1n2-c1cc(Cl)cc(N(c2cccc(Cl)c2)c2cccc3c2oc2ccccc23)c1. The number of fused-ring (bicyclic) bond motifs is 8. The van der Waals surface area contributed by atoms with Gasteiger partial charge in [-0.2, -0.15) is 0 Å². The van der Waals surface area contributed by atoms with Crippen LogP contribution < -0.4 is 4.90 Å². The number of rotatable bonds is 4. The average molecular weight is 636 g/mol. The van der Waals surface area contributed by atoms with Gasteiger partial charge in [0.2, 0.25) is 0 Å². The topological polar surface area (TPSA) is 21.3 Å². The maximum atomic E-state index is 7.07. The third-order valence-electron chi connectivity index (χ3n) is 9.43. The van der Waals surface area contributed by atoms with Crippen molar-refractivity contribution >= 4 is 73.1 Å². The highest BCUT2D eigenvalue weighted by atomic mass is 35.5. The van der Waals surface area contributed by atoms with Crippen molar-refractivity contribution in [2.45, 2.75) is 19.3 Å². The molecule has 5 heteroatoms. The van der Waals surface area contributed by atoms with Gasteiger partial charge in [-0.3, -0.25) is 0 Å². The molecular weight excluding hydrogens is 607 g/mol. The summed E-state index contributed by atoms with van der Waals surface area (Å²) in [4.78, 5) is 2.19. The molecule has 0 N–H and O–H groups in total. The molecule has 0 spiro atoms. The fourth-order valence-corrected chi connectivity index (χ4v) is 7.94. The van der Waals surface area contributed by atoms with Crippen LogP contribution in [-0.2, 0) is 5.41 Å².